The number of hydrogen-bond donors (Lipinski definition) is 0. The highest BCUT2D eigenvalue weighted by molar-refractivity contribution is 7.89. The van der Waals surface area contributed by atoms with Gasteiger partial charge >= 0.3 is 0 Å². The maximum atomic E-state index is 11.0. The lowest BCUT2D eigenvalue weighted by Gasteiger charge is -2.06. The molecule has 1 aliphatic carbocycles. The standard InChI is InChI=1S/C9H8NO2S/c10-13(11,12)9-6-5-7-3-1-2-4-8(7)9/h1-6,9-10H. The first-order valence-electron chi connectivity index (χ1n) is 3.84. The normalized spacial score (nSPS) is 20.2. The van der Waals surface area contributed by atoms with Crippen molar-refractivity contribution in [2.24, 2.45) is 0 Å². The highest BCUT2D eigenvalue weighted by Crippen LogP contribution is 2.32. The van der Waals surface area contributed by atoms with Gasteiger partial charge in [0.25, 0.3) is 0 Å². The first-order valence-corrected chi connectivity index (χ1v) is 5.39. The van der Waals surface area contributed by atoms with Crippen LogP contribution in [0.2, 0.25) is 0 Å². The predicted molar refractivity (Wildman–Crippen MR) is 50.2 cm³/mol. The predicted octanol–water partition coefficient (Wildman–Crippen LogP) is 1.37. The third-order valence-electron chi connectivity index (χ3n) is 2.09. The summed E-state index contributed by atoms with van der Waals surface area (Å²) in [7, 11) is -3.75. The van der Waals surface area contributed by atoms with Crippen LogP contribution < -0.4 is 5.14 Å². The summed E-state index contributed by atoms with van der Waals surface area (Å²) in [6.45, 7) is 0. The van der Waals surface area contributed by atoms with E-state index in [0.29, 0.717) is 5.56 Å². The Kier molecular flexibility index (Phi) is 1.75. The molecule has 0 fully saturated rings. The Balaban J connectivity index is 2.57. The van der Waals surface area contributed by atoms with Crippen LogP contribution in [0.15, 0.2) is 30.3 Å². The van der Waals surface area contributed by atoms with Crippen LogP contribution in [0.3, 0.4) is 0 Å². The van der Waals surface area contributed by atoms with Gasteiger partial charge in [-0.2, -0.15) is 0 Å². The highest BCUT2D eigenvalue weighted by atomic mass is 32.2. The smallest absolute Gasteiger partial charge is 0.210 e. The summed E-state index contributed by atoms with van der Waals surface area (Å²) in [6.07, 6.45) is 3.29. The van der Waals surface area contributed by atoms with Crippen LogP contribution in [0, 0.1) is 0 Å². The first-order chi connectivity index (χ1) is 6.09. The van der Waals surface area contributed by atoms with Crippen LogP contribution in [-0.2, 0) is 10.0 Å². The number of sulfonamides is 1. The minimum Gasteiger partial charge on any atom is -0.210 e. The lowest BCUT2D eigenvalue weighted by molar-refractivity contribution is 0.591. The van der Waals surface area contributed by atoms with Crippen LogP contribution in [-0.4, -0.2) is 8.42 Å². The van der Waals surface area contributed by atoms with Gasteiger partial charge in [-0.3, -0.25) is 0 Å². The zero-order valence-electron chi connectivity index (χ0n) is 6.77. The van der Waals surface area contributed by atoms with E-state index in [0.717, 1.165) is 5.56 Å². The van der Waals surface area contributed by atoms with E-state index in [4.69, 9.17) is 5.14 Å². The molecule has 67 valence electrons. The van der Waals surface area contributed by atoms with E-state index in [1.165, 1.54) is 0 Å². The fourth-order valence-electron chi connectivity index (χ4n) is 1.49. The van der Waals surface area contributed by atoms with Gasteiger partial charge in [-0.05, 0) is 11.1 Å². The van der Waals surface area contributed by atoms with E-state index in [1.807, 2.05) is 12.1 Å². The zero-order chi connectivity index (χ0) is 9.47. The molecule has 2 rings (SSSR count). The van der Waals surface area contributed by atoms with Gasteiger partial charge in [0.2, 0.25) is 10.0 Å². The molecule has 1 N–H and O–H groups in total. The second-order valence-electron chi connectivity index (χ2n) is 2.95. The van der Waals surface area contributed by atoms with Crippen LogP contribution in [0.4, 0.5) is 0 Å². The second kappa shape index (κ2) is 2.68. The van der Waals surface area contributed by atoms with Gasteiger partial charge in [0.05, 0.1) is 0 Å². The van der Waals surface area contributed by atoms with Crippen molar-refractivity contribution in [2.45, 2.75) is 5.25 Å². The average Bonchev–Trinajstić information content (AvgIpc) is 2.45. The van der Waals surface area contributed by atoms with Crippen LogP contribution >= 0.6 is 0 Å². The summed E-state index contributed by atoms with van der Waals surface area (Å²) in [5.41, 5.74) is 1.60. The molecule has 4 heteroatoms. The summed E-state index contributed by atoms with van der Waals surface area (Å²) in [4.78, 5) is 0. The molecule has 3 nitrogen and oxygen atoms in total. The molecule has 0 amide bonds. The molecule has 0 saturated heterocycles. The zero-order valence-corrected chi connectivity index (χ0v) is 7.58. The summed E-state index contributed by atoms with van der Waals surface area (Å²) in [5.74, 6) is 0. The summed E-state index contributed by atoms with van der Waals surface area (Å²) < 4.78 is 22.0. The monoisotopic (exact) mass is 194 g/mol. The SMILES string of the molecule is [NH]S(=O)(=O)C1C=Cc2ccccc21. The van der Waals surface area contributed by atoms with Gasteiger partial charge in [0, 0.05) is 0 Å². The lowest BCUT2D eigenvalue weighted by Crippen LogP contribution is -2.09. The Morgan fingerprint density at radius 3 is 2.62 bits per heavy atom. The summed E-state index contributed by atoms with van der Waals surface area (Å²) in [5, 5.41) is 6.21. The van der Waals surface area contributed by atoms with Crippen molar-refractivity contribution < 1.29 is 8.42 Å². The minimum absolute atomic E-state index is 0.706. The Morgan fingerprint density at radius 1 is 1.23 bits per heavy atom. The average molecular weight is 194 g/mol. The Hall–Kier alpha value is -1.13. The number of hydrogen-bond acceptors (Lipinski definition) is 2. The van der Waals surface area contributed by atoms with Gasteiger partial charge in [-0.15, -0.1) is 5.14 Å². The summed E-state index contributed by atoms with van der Waals surface area (Å²) in [6, 6.07) is 7.22. The van der Waals surface area contributed by atoms with Gasteiger partial charge in [0.1, 0.15) is 5.25 Å². The van der Waals surface area contributed by atoms with Gasteiger partial charge in [-0.1, -0.05) is 36.4 Å². The molecular weight excluding hydrogens is 186 g/mol. The van der Waals surface area contributed by atoms with E-state index < -0.39 is 15.3 Å². The maximum Gasteiger partial charge on any atom is 0.235 e. The Labute approximate surface area is 76.9 Å². The van der Waals surface area contributed by atoms with Gasteiger partial charge in [0.15, 0.2) is 0 Å². The van der Waals surface area contributed by atoms with Crippen molar-refractivity contribution in [3.8, 4) is 0 Å². The Morgan fingerprint density at radius 2 is 1.92 bits per heavy atom. The van der Waals surface area contributed by atoms with Crippen LogP contribution in [0.25, 0.3) is 6.08 Å². The number of rotatable bonds is 1. The van der Waals surface area contributed by atoms with Crippen molar-refractivity contribution in [1.29, 1.82) is 0 Å². The minimum atomic E-state index is -3.75. The van der Waals surface area contributed by atoms with E-state index in [2.05, 4.69) is 0 Å². The first kappa shape index (κ1) is 8.47. The molecule has 1 aromatic rings. The highest BCUT2D eigenvalue weighted by Gasteiger charge is 2.26. The number of benzene rings is 1. The summed E-state index contributed by atoms with van der Waals surface area (Å²) >= 11 is 0. The molecule has 0 aliphatic heterocycles. The molecule has 0 spiro atoms. The second-order valence-corrected chi connectivity index (χ2v) is 4.55. The molecule has 0 heterocycles. The molecule has 1 aliphatic rings. The van der Waals surface area contributed by atoms with Gasteiger partial charge in [-0.25, -0.2) is 8.42 Å². The van der Waals surface area contributed by atoms with Crippen molar-refractivity contribution in [1.82, 2.24) is 5.14 Å². The molecule has 1 unspecified atom stereocenters. The fraction of sp³-hybridized carbons (Fsp3) is 0.111. The van der Waals surface area contributed by atoms with Crippen molar-refractivity contribution in [2.75, 3.05) is 0 Å². The maximum absolute atomic E-state index is 11.0. The topological polar surface area (TPSA) is 57.9 Å². The molecule has 1 aromatic carbocycles. The van der Waals surface area contributed by atoms with Crippen LogP contribution in [0.1, 0.15) is 16.4 Å². The molecule has 0 aromatic heterocycles. The number of fused-ring (bicyclic) bond motifs is 1. The van der Waals surface area contributed by atoms with Crippen LogP contribution in [0.5, 0.6) is 0 Å². The van der Waals surface area contributed by atoms with Gasteiger partial charge < -0.3 is 0 Å². The van der Waals surface area contributed by atoms with E-state index in [-0.39, 0.29) is 0 Å². The fourth-order valence-corrected chi connectivity index (χ4v) is 2.32. The quantitative estimate of drug-likeness (QED) is 0.677. The molecular formula is C9H8NO2S. The van der Waals surface area contributed by atoms with E-state index >= 15 is 0 Å². The molecule has 13 heavy (non-hydrogen) atoms. The Bertz CT molecular complexity index is 462. The number of nitrogens with one attached hydrogen (secondary N) is 1. The molecule has 0 saturated carbocycles. The molecule has 1 atom stereocenters. The van der Waals surface area contributed by atoms with E-state index in [9.17, 15) is 8.42 Å². The molecule has 1 radical (unpaired) electrons. The molecule has 0 bridgehead atoms. The van der Waals surface area contributed by atoms with Crippen molar-refractivity contribution in [3.63, 3.8) is 0 Å². The largest absolute Gasteiger partial charge is 0.235 e. The van der Waals surface area contributed by atoms with E-state index in [1.54, 1.807) is 24.3 Å². The van der Waals surface area contributed by atoms with Crippen molar-refractivity contribution in [3.05, 3.63) is 41.5 Å². The van der Waals surface area contributed by atoms with Crippen molar-refractivity contribution >= 4 is 16.1 Å². The third-order valence-corrected chi connectivity index (χ3v) is 3.17. The third kappa shape index (κ3) is 1.38. The lowest BCUT2D eigenvalue weighted by atomic mass is 10.1.